The third-order valence-corrected chi connectivity index (χ3v) is 4.02. The fraction of sp³-hybridized carbons (Fsp3) is 0.294. The molecule has 3 nitrogen and oxygen atoms in total. The highest BCUT2D eigenvalue weighted by atomic mass is 35.5. The van der Waals surface area contributed by atoms with Gasteiger partial charge >= 0.3 is 0 Å². The lowest BCUT2D eigenvalue weighted by molar-refractivity contribution is 0.136. The van der Waals surface area contributed by atoms with E-state index in [1.807, 2.05) is 53.4 Å². The molecule has 0 bridgehead atoms. The first-order chi connectivity index (χ1) is 10.7. The average Bonchev–Trinajstić information content (AvgIpc) is 2.52. The van der Waals surface area contributed by atoms with Crippen molar-refractivity contribution in [2.45, 2.75) is 6.04 Å². The number of halogens is 2. The molecular formula is C17H19Cl2NO2. The topological polar surface area (TPSA) is 43.7 Å². The van der Waals surface area contributed by atoms with Gasteiger partial charge in [-0.2, -0.15) is 0 Å². The molecule has 2 rings (SSSR count). The van der Waals surface area contributed by atoms with E-state index in [1.54, 1.807) is 0 Å². The van der Waals surface area contributed by atoms with Gasteiger partial charge in [0, 0.05) is 23.1 Å². The third-order valence-electron chi connectivity index (χ3n) is 3.51. The maximum Gasteiger partial charge on any atom is 0.0603 e. The molecule has 5 heteroatoms. The fourth-order valence-corrected chi connectivity index (χ4v) is 2.78. The molecule has 2 aromatic carbocycles. The second-order valence-corrected chi connectivity index (χ2v) is 5.86. The molecule has 2 aromatic rings. The van der Waals surface area contributed by atoms with Crippen LogP contribution in [0, 0.1) is 0 Å². The van der Waals surface area contributed by atoms with Crippen molar-refractivity contribution in [1.29, 1.82) is 0 Å². The van der Waals surface area contributed by atoms with E-state index >= 15 is 0 Å². The quantitative estimate of drug-likeness (QED) is 0.812. The molecule has 22 heavy (non-hydrogen) atoms. The van der Waals surface area contributed by atoms with Gasteiger partial charge in [-0.3, -0.25) is 4.90 Å². The Bertz CT molecular complexity index is 521. The SMILES string of the molecule is OCCN(CCO)C(c1ccc(Cl)cc1)c1ccc(Cl)cc1. The van der Waals surface area contributed by atoms with Gasteiger partial charge in [0.2, 0.25) is 0 Å². The van der Waals surface area contributed by atoms with Crippen LogP contribution in [-0.2, 0) is 0 Å². The largest absolute Gasteiger partial charge is 0.395 e. The smallest absolute Gasteiger partial charge is 0.0603 e. The van der Waals surface area contributed by atoms with Gasteiger partial charge in [-0.05, 0) is 35.4 Å². The Morgan fingerprint density at radius 3 is 1.41 bits per heavy atom. The monoisotopic (exact) mass is 339 g/mol. The van der Waals surface area contributed by atoms with E-state index in [1.165, 1.54) is 0 Å². The Kier molecular flexibility index (Phi) is 6.68. The van der Waals surface area contributed by atoms with E-state index in [9.17, 15) is 10.2 Å². The molecule has 0 spiro atoms. The summed E-state index contributed by atoms with van der Waals surface area (Å²) >= 11 is 11.9. The van der Waals surface area contributed by atoms with Crippen LogP contribution in [0.5, 0.6) is 0 Å². The van der Waals surface area contributed by atoms with E-state index in [-0.39, 0.29) is 19.3 Å². The number of aliphatic hydroxyl groups excluding tert-OH is 2. The Balaban J connectivity index is 2.42. The van der Waals surface area contributed by atoms with Gasteiger partial charge in [0.05, 0.1) is 19.3 Å². The molecular weight excluding hydrogens is 321 g/mol. The van der Waals surface area contributed by atoms with Crippen molar-refractivity contribution in [2.75, 3.05) is 26.3 Å². The normalized spacial score (nSPS) is 11.4. The lowest BCUT2D eigenvalue weighted by atomic mass is 9.97. The Morgan fingerprint density at radius 1 is 0.727 bits per heavy atom. The summed E-state index contributed by atoms with van der Waals surface area (Å²) < 4.78 is 0. The Labute approximate surface area is 140 Å². The minimum Gasteiger partial charge on any atom is -0.395 e. The molecule has 118 valence electrons. The van der Waals surface area contributed by atoms with Crippen molar-refractivity contribution in [3.05, 3.63) is 69.7 Å². The van der Waals surface area contributed by atoms with E-state index in [2.05, 4.69) is 0 Å². The fourth-order valence-electron chi connectivity index (χ4n) is 2.53. The van der Waals surface area contributed by atoms with Gasteiger partial charge in [0.1, 0.15) is 0 Å². The molecule has 0 aromatic heterocycles. The number of rotatable bonds is 7. The molecule has 0 saturated carbocycles. The van der Waals surface area contributed by atoms with Crippen LogP contribution in [0.25, 0.3) is 0 Å². The van der Waals surface area contributed by atoms with E-state index in [0.717, 1.165) is 11.1 Å². The van der Waals surface area contributed by atoms with Crippen molar-refractivity contribution in [2.24, 2.45) is 0 Å². The molecule has 0 aliphatic heterocycles. The van der Waals surface area contributed by atoms with Crippen LogP contribution >= 0.6 is 23.2 Å². The summed E-state index contributed by atoms with van der Waals surface area (Å²) in [5.74, 6) is 0. The Hall–Kier alpha value is -1.10. The summed E-state index contributed by atoms with van der Waals surface area (Å²) in [5, 5.41) is 20.0. The van der Waals surface area contributed by atoms with Gasteiger partial charge in [0.15, 0.2) is 0 Å². The zero-order valence-electron chi connectivity index (χ0n) is 12.1. The second-order valence-electron chi connectivity index (χ2n) is 4.99. The van der Waals surface area contributed by atoms with Crippen LogP contribution in [0.2, 0.25) is 10.0 Å². The van der Waals surface area contributed by atoms with Gasteiger partial charge in [-0.25, -0.2) is 0 Å². The number of nitrogens with zero attached hydrogens (tertiary/aromatic N) is 1. The summed E-state index contributed by atoms with van der Waals surface area (Å²) in [6.07, 6.45) is 0. The van der Waals surface area contributed by atoms with Crippen LogP contribution in [-0.4, -0.2) is 41.4 Å². The maximum absolute atomic E-state index is 9.33. The third kappa shape index (κ3) is 4.45. The first-order valence-electron chi connectivity index (χ1n) is 7.12. The van der Waals surface area contributed by atoms with E-state index < -0.39 is 0 Å². The highest BCUT2D eigenvalue weighted by molar-refractivity contribution is 6.30. The van der Waals surface area contributed by atoms with E-state index in [0.29, 0.717) is 23.1 Å². The maximum atomic E-state index is 9.33. The van der Waals surface area contributed by atoms with Gasteiger partial charge in [-0.1, -0.05) is 47.5 Å². The van der Waals surface area contributed by atoms with Crippen molar-refractivity contribution in [3.63, 3.8) is 0 Å². The summed E-state index contributed by atoms with van der Waals surface area (Å²) in [4.78, 5) is 2.03. The summed E-state index contributed by atoms with van der Waals surface area (Å²) in [6, 6.07) is 15.1. The van der Waals surface area contributed by atoms with Crippen molar-refractivity contribution in [3.8, 4) is 0 Å². The van der Waals surface area contributed by atoms with Gasteiger partial charge in [0.25, 0.3) is 0 Å². The van der Waals surface area contributed by atoms with Crippen molar-refractivity contribution < 1.29 is 10.2 Å². The molecule has 0 amide bonds. The summed E-state index contributed by atoms with van der Waals surface area (Å²) in [7, 11) is 0. The van der Waals surface area contributed by atoms with Gasteiger partial charge in [-0.15, -0.1) is 0 Å². The molecule has 0 aliphatic rings. The second kappa shape index (κ2) is 8.51. The minimum atomic E-state index is -0.0752. The van der Waals surface area contributed by atoms with Crippen molar-refractivity contribution in [1.82, 2.24) is 4.90 Å². The molecule has 0 heterocycles. The van der Waals surface area contributed by atoms with Crippen LogP contribution in [0.15, 0.2) is 48.5 Å². The molecule has 0 atom stereocenters. The van der Waals surface area contributed by atoms with Crippen LogP contribution < -0.4 is 0 Å². The molecule has 0 radical (unpaired) electrons. The lowest BCUT2D eigenvalue weighted by Gasteiger charge is -2.31. The van der Waals surface area contributed by atoms with Crippen LogP contribution in [0.4, 0.5) is 0 Å². The molecule has 0 saturated heterocycles. The number of hydrogen-bond acceptors (Lipinski definition) is 3. The average molecular weight is 340 g/mol. The first-order valence-corrected chi connectivity index (χ1v) is 7.88. The minimum absolute atomic E-state index is 0.0255. The predicted octanol–water partition coefficient (Wildman–Crippen LogP) is 3.37. The summed E-state index contributed by atoms with van der Waals surface area (Å²) in [6.45, 7) is 0.988. The number of benzene rings is 2. The number of aliphatic hydroxyl groups is 2. The van der Waals surface area contributed by atoms with Crippen LogP contribution in [0.3, 0.4) is 0 Å². The standard InChI is InChI=1S/C17H19Cl2NO2/c18-15-5-1-13(2-6-15)17(20(9-11-21)10-12-22)14-3-7-16(19)8-4-14/h1-8,17,21-22H,9-12H2. The molecule has 0 fully saturated rings. The van der Waals surface area contributed by atoms with E-state index in [4.69, 9.17) is 23.2 Å². The van der Waals surface area contributed by atoms with Gasteiger partial charge < -0.3 is 10.2 Å². The zero-order chi connectivity index (χ0) is 15.9. The Morgan fingerprint density at radius 2 is 1.09 bits per heavy atom. The highest BCUT2D eigenvalue weighted by Crippen LogP contribution is 2.30. The van der Waals surface area contributed by atoms with Crippen LogP contribution in [0.1, 0.15) is 17.2 Å². The first kappa shape index (κ1) is 17.3. The summed E-state index contributed by atoms with van der Waals surface area (Å²) in [5.41, 5.74) is 2.10. The molecule has 0 aliphatic carbocycles. The van der Waals surface area contributed by atoms with Crippen molar-refractivity contribution >= 4 is 23.2 Å². The highest BCUT2D eigenvalue weighted by Gasteiger charge is 2.21. The lowest BCUT2D eigenvalue weighted by Crippen LogP contribution is -2.34. The number of hydrogen-bond donors (Lipinski definition) is 2. The predicted molar refractivity (Wildman–Crippen MR) is 90.5 cm³/mol. The molecule has 0 unspecified atom stereocenters. The molecule has 2 N–H and O–H groups in total. The zero-order valence-corrected chi connectivity index (χ0v) is 13.6.